The van der Waals surface area contributed by atoms with Crippen LogP contribution in [-0.4, -0.2) is 28.9 Å². The summed E-state index contributed by atoms with van der Waals surface area (Å²) in [6.07, 6.45) is 3.11. The summed E-state index contributed by atoms with van der Waals surface area (Å²) in [4.78, 5) is 32.5. The van der Waals surface area contributed by atoms with E-state index in [1.807, 2.05) is 6.92 Å². The minimum absolute atomic E-state index is 0.0763. The molecule has 1 amide bonds. The zero-order valence-electron chi connectivity index (χ0n) is 18.6. The molecule has 5 rings (SSSR count). The third-order valence-electron chi connectivity index (χ3n) is 5.88. The Morgan fingerprint density at radius 2 is 1.97 bits per heavy atom. The number of hydrogen-bond donors (Lipinski definition) is 1. The molecule has 1 atom stereocenters. The van der Waals surface area contributed by atoms with E-state index in [0.29, 0.717) is 38.0 Å². The van der Waals surface area contributed by atoms with Gasteiger partial charge in [0.2, 0.25) is 5.78 Å². The lowest BCUT2D eigenvalue weighted by Gasteiger charge is -2.26. The first-order valence-corrected chi connectivity index (χ1v) is 11.3. The van der Waals surface area contributed by atoms with Gasteiger partial charge in [-0.05, 0) is 48.4 Å². The summed E-state index contributed by atoms with van der Waals surface area (Å²) in [5.74, 6) is -1.79. The van der Waals surface area contributed by atoms with E-state index in [1.165, 1.54) is 24.3 Å². The number of halogens is 2. The predicted octanol–water partition coefficient (Wildman–Crippen LogP) is 6.23. The van der Waals surface area contributed by atoms with Crippen molar-refractivity contribution in [3.05, 3.63) is 99.2 Å². The van der Waals surface area contributed by atoms with Gasteiger partial charge in [-0.3, -0.25) is 19.5 Å². The lowest BCUT2D eigenvalue weighted by Crippen LogP contribution is -2.31. The van der Waals surface area contributed by atoms with Crippen LogP contribution in [0.4, 0.5) is 5.69 Å². The number of hydrogen-bond acceptors (Lipinski definition) is 6. The molecule has 4 aromatic rings. The molecule has 0 saturated carbocycles. The molecule has 1 unspecified atom stereocenters. The zero-order chi connectivity index (χ0) is 24.9. The van der Waals surface area contributed by atoms with Crippen LogP contribution < -0.4 is 9.64 Å². The number of carbonyl (C=O) groups is 2. The highest BCUT2D eigenvalue weighted by molar-refractivity contribution is 6.32. The number of amides is 1. The number of methoxy groups -OCH3 is 1. The Kier molecular flexibility index (Phi) is 5.75. The summed E-state index contributed by atoms with van der Waals surface area (Å²) in [5, 5.41) is 12.3. The predicted molar refractivity (Wildman–Crippen MR) is 132 cm³/mol. The molecular formula is C26H18Cl2N2O5. The number of Topliss-reactive ketones (excluding diaryl/α,β-unsaturated/α-hetero) is 1. The van der Waals surface area contributed by atoms with Crippen LogP contribution in [0.2, 0.25) is 10.0 Å². The highest BCUT2D eigenvalue weighted by Crippen LogP contribution is 2.43. The van der Waals surface area contributed by atoms with Gasteiger partial charge in [-0.1, -0.05) is 35.3 Å². The van der Waals surface area contributed by atoms with E-state index in [0.717, 1.165) is 5.56 Å². The van der Waals surface area contributed by atoms with E-state index in [2.05, 4.69) is 4.98 Å². The van der Waals surface area contributed by atoms with Gasteiger partial charge in [0.25, 0.3) is 5.91 Å². The number of aliphatic hydroxyl groups excluding tert-OH is 1. The van der Waals surface area contributed by atoms with Crippen LogP contribution in [0.3, 0.4) is 0 Å². The van der Waals surface area contributed by atoms with E-state index < -0.39 is 23.5 Å². The third-order valence-corrected chi connectivity index (χ3v) is 6.50. The highest BCUT2D eigenvalue weighted by atomic mass is 35.5. The van der Waals surface area contributed by atoms with E-state index in [-0.39, 0.29) is 11.3 Å². The fourth-order valence-corrected chi connectivity index (χ4v) is 4.56. The number of ketones is 1. The van der Waals surface area contributed by atoms with Crippen LogP contribution in [0.25, 0.3) is 11.0 Å². The number of aromatic nitrogens is 1. The van der Waals surface area contributed by atoms with Gasteiger partial charge >= 0.3 is 0 Å². The van der Waals surface area contributed by atoms with Crippen molar-refractivity contribution >= 4 is 51.5 Å². The van der Waals surface area contributed by atoms with Gasteiger partial charge in [0.1, 0.15) is 0 Å². The van der Waals surface area contributed by atoms with Gasteiger partial charge in [-0.15, -0.1) is 0 Å². The molecule has 7 nitrogen and oxygen atoms in total. The molecule has 3 heterocycles. The number of furan rings is 1. The lowest BCUT2D eigenvalue weighted by atomic mass is 9.96. The van der Waals surface area contributed by atoms with E-state index in [4.69, 9.17) is 32.4 Å². The van der Waals surface area contributed by atoms with Crippen LogP contribution >= 0.6 is 23.2 Å². The van der Waals surface area contributed by atoms with E-state index >= 15 is 0 Å². The van der Waals surface area contributed by atoms with Crippen molar-refractivity contribution in [3.8, 4) is 5.75 Å². The molecule has 0 spiro atoms. The molecule has 2 aromatic heterocycles. The van der Waals surface area contributed by atoms with Gasteiger partial charge in [0.05, 0.1) is 18.7 Å². The average Bonchev–Trinajstić information content (AvgIpc) is 3.39. The molecule has 0 fully saturated rings. The van der Waals surface area contributed by atoms with E-state index in [9.17, 15) is 14.7 Å². The molecule has 176 valence electrons. The number of carbonyl (C=O) groups excluding carboxylic acids is 2. The number of benzene rings is 2. The summed E-state index contributed by atoms with van der Waals surface area (Å²) in [5.41, 5.74) is 1.96. The lowest BCUT2D eigenvalue weighted by molar-refractivity contribution is -0.117. The summed E-state index contributed by atoms with van der Waals surface area (Å²) >= 11 is 12.5. The van der Waals surface area contributed by atoms with Crippen molar-refractivity contribution in [1.29, 1.82) is 0 Å². The van der Waals surface area contributed by atoms with Crippen molar-refractivity contribution < 1.29 is 23.8 Å². The Morgan fingerprint density at radius 3 is 2.66 bits per heavy atom. The number of fused-ring (bicyclic) bond motifs is 1. The average molecular weight is 509 g/mol. The SMILES string of the molecule is COc1cc(Cl)cc2cc(C(=O)C3=C(O)C(=O)N(c4ccc(C)c(Cl)c4)C3c3cccnc3)oc12. The van der Waals surface area contributed by atoms with Gasteiger partial charge in [0, 0.05) is 39.6 Å². The molecule has 0 saturated heterocycles. The second kappa shape index (κ2) is 8.76. The minimum atomic E-state index is -0.957. The van der Waals surface area contributed by atoms with Crippen molar-refractivity contribution in [2.75, 3.05) is 12.0 Å². The molecule has 0 bridgehead atoms. The van der Waals surface area contributed by atoms with E-state index in [1.54, 1.807) is 48.7 Å². The maximum Gasteiger partial charge on any atom is 0.294 e. The monoisotopic (exact) mass is 508 g/mol. The number of rotatable bonds is 5. The van der Waals surface area contributed by atoms with Crippen molar-refractivity contribution in [1.82, 2.24) is 4.98 Å². The molecule has 1 aliphatic heterocycles. The zero-order valence-corrected chi connectivity index (χ0v) is 20.1. The van der Waals surface area contributed by atoms with Crippen LogP contribution in [0.1, 0.15) is 27.7 Å². The van der Waals surface area contributed by atoms with Crippen molar-refractivity contribution in [2.24, 2.45) is 0 Å². The third kappa shape index (κ3) is 3.83. The first kappa shape index (κ1) is 23.0. The number of nitrogens with zero attached hydrogens (tertiary/aromatic N) is 2. The smallest absolute Gasteiger partial charge is 0.294 e. The van der Waals surface area contributed by atoms with Crippen LogP contribution in [0.5, 0.6) is 5.75 Å². The molecule has 0 aliphatic carbocycles. The number of anilines is 1. The molecule has 2 aromatic carbocycles. The van der Waals surface area contributed by atoms with Crippen LogP contribution in [-0.2, 0) is 4.79 Å². The van der Waals surface area contributed by atoms with Gasteiger partial charge in [-0.2, -0.15) is 0 Å². The second-order valence-corrected chi connectivity index (χ2v) is 8.87. The Bertz CT molecular complexity index is 1530. The van der Waals surface area contributed by atoms with Gasteiger partial charge in [-0.25, -0.2) is 0 Å². The topological polar surface area (TPSA) is 92.9 Å². The Labute approximate surface area is 210 Å². The van der Waals surface area contributed by atoms with Crippen LogP contribution in [0, 0.1) is 6.92 Å². The van der Waals surface area contributed by atoms with Crippen LogP contribution in [0.15, 0.2) is 76.7 Å². The second-order valence-electron chi connectivity index (χ2n) is 8.03. The fraction of sp³-hybridized carbons (Fsp3) is 0.115. The molecule has 1 N–H and O–H groups in total. The molecule has 1 aliphatic rings. The standard InChI is InChI=1S/C26H18Cl2N2O5/c1-13-5-6-17(11-18(13)28)30-22(14-4-3-7-29-12-14)21(24(32)26(30)33)23(31)19-9-15-8-16(27)10-20(34-2)25(15)35-19/h3-12,22,32H,1-2H3. The van der Waals surface area contributed by atoms with Crippen molar-refractivity contribution in [3.63, 3.8) is 0 Å². The number of aliphatic hydroxyl groups is 1. The molecule has 35 heavy (non-hydrogen) atoms. The summed E-state index contributed by atoms with van der Waals surface area (Å²) in [7, 11) is 1.46. The number of pyridine rings is 1. The molecule has 0 radical (unpaired) electrons. The number of ether oxygens (including phenoxy) is 1. The largest absolute Gasteiger partial charge is 0.503 e. The Morgan fingerprint density at radius 1 is 1.17 bits per heavy atom. The Balaban J connectivity index is 1.66. The molecule has 9 heteroatoms. The van der Waals surface area contributed by atoms with Crippen molar-refractivity contribution in [2.45, 2.75) is 13.0 Å². The van der Waals surface area contributed by atoms with Gasteiger partial charge in [0.15, 0.2) is 22.9 Å². The quantitative estimate of drug-likeness (QED) is 0.321. The summed E-state index contributed by atoms with van der Waals surface area (Å²) < 4.78 is 11.1. The normalized spacial score (nSPS) is 15.8. The highest BCUT2D eigenvalue weighted by Gasteiger charge is 2.45. The Hall–Kier alpha value is -3.81. The first-order chi connectivity index (χ1) is 16.8. The maximum atomic E-state index is 13.7. The first-order valence-electron chi connectivity index (χ1n) is 10.5. The summed E-state index contributed by atoms with van der Waals surface area (Å²) in [6, 6.07) is 12.2. The maximum absolute atomic E-state index is 13.7. The van der Waals surface area contributed by atoms with Gasteiger partial charge < -0.3 is 14.3 Å². The number of aryl methyl sites for hydroxylation is 1. The minimum Gasteiger partial charge on any atom is -0.503 e. The fourth-order valence-electron chi connectivity index (χ4n) is 4.17. The summed E-state index contributed by atoms with van der Waals surface area (Å²) in [6.45, 7) is 1.84. The molecular weight excluding hydrogens is 491 g/mol.